The zero-order valence-electron chi connectivity index (χ0n) is 16.7. The Hall–Kier alpha value is -1.64. The average molecular weight is 398 g/mol. The van der Waals surface area contributed by atoms with E-state index in [2.05, 4.69) is 10.2 Å². The quantitative estimate of drug-likeness (QED) is 0.713. The van der Waals surface area contributed by atoms with Crippen molar-refractivity contribution in [2.45, 2.75) is 27.2 Å². The van der Waals surface area contributed by atoms with Crippen LogP contribution in [0.2, 0.25) is 0 Å². The molecule has 152 valence electrons. The Balaban J connectivity index is 1.94. The van der Waals surface area contributed by atoms with Crippen molar-refractivity contribution in [1.29, 1.82) is 0 Å². The summed E-state index contributed by atoms with van der Waals surface area (Å²) in [5.74, 6) is -0.140. The molecule has 0 aliphatic carbocycles. The smallest absolute Gasteiger partial charge is 0.232 e. The molecule has 2 rings (SSSR count). The van der Waals surface area contributed by atoms with Crippen molar-refractivity contribution in [3.05, 3.63) is 28.8 Å². The number of rotatable bonds is 8. The monoisotopic (exact) mass is 397 g/mol. The number of anilines is 1. The largest absolute Gasteiger partial charge is 0.379 e. The number of nitrogens with one attached hydrogen (secondary N) is 1. The van der Waals surface area contributed by atoms with E-state index in [1.54, 1.807) is 0 Å². The van der Waals surface area contributed by atoms with Crippen LogP contribution in [0.5, 0.6) is 0 Å². The van der Waals surface area contributed by atoms with Crippen LogP contribution >= 0.6 is 0 Å². The normalized spacial score (nSPS) is 15.6. The van der Waals surface area contributed by atoms with Crippen LogP contribution < -0.4 is 9.62 Å². The highest BCUT2D eigenvalue weighted by atomic mass is 32.2. The Bertz CT molecular complexity index is 735. The van der Waals surface area contributed by atoms with Gasteiger partial charge in [-0.25, -0.2) is 8.42 Å². The van der Waals surface area contributed by atoms with Gasteiger partial charge in [0.25, 0.3) is 0 Å². The molecule has 8 heteroatoms. The standard InChI is InChI=1S/C19H31N3O4S/c1-15-13-16(2)19(17(3)14-15)22(27(4,24)25)7-5-18(23)20-6-8-21-9-11-26-12-10-21/h13-14H,5-12H2,1-4H3,(H,20,23). The molecule has 27 heavy (non-hydrogen) atoms. The Kier molecular flexibility index (Phi) is 7.64. The molecule has 1 N–H and O–H groups in total. The Morgan fingerprint density at radius 3 is 2.33 bits per heavy atom. The van der Waals surface area contributed by atoms with Crippen molar-refractivity contribution in [3.8, 4) is 0 Å². The molecule has 0 spiro atoms. The molecule has 1 aromatic rings. The molecule has 1 aromatic carbocycles. The van der Waals surface area contributed by atoms with E-state index < -0.39 is 10.0 Å². The van der Waals surface area contributed by atoms with Gasteiger partial charge in [-0.15, -0.1) is 0 Å². The van der Waals surface area contributed by atoms with Crippen LogP contribution in [0.1, 0.15) is 23.1 Å². The minimum absolute atomic E-state index is 0.128. The highest BCUT2D eigenvalue weighted by Gasteiger charge is 2.22. The van der Waals surface area contributed by atoms with Gasteiger partial charge in [0.1, 0.15) is 0 Å². The molecule has 1 aliphatic heterocycles. The Morgan fingerprint density at radius 1 is 1.19 bits per heavy atom. The van der Waals surface area contributed by atoms with E-state index in [9.17, 15) is 13.2 Å². The summed E-state index contributed by atoms with van der Waals surface area (Å²) in [7, 11) is -3.48. The molecule has 1 amide bonds. The van der Waals surface area contributed by atoms with Crippen LogP contribution in [0.3, 0.4) is 0 Å². The lowest BCUT2D eigenvalue weighted by Crippen LogP contribution is -2.42. The zero-order chi connectivity index (χ0) is 20.0. The molecule has 1 aliphatic rings. The van der Waals surface area contributed by atoms with Gasteiger partial charge in [-0.1, -0.05) is 17.7 Å². The van der Waals surface area contributed by atoms with Crippen LogP contribution in [0.15, 0.2) is 12.1 Å². The summed E-state index contributed by atoms with van der Waals surface area (Å²) in [5.41, 5.74) is 3.54. The van der Waals surface area contributed by atoms with Crippen LogP contribution in [-0.2, 0) is 19.6 Å². The van der Waals surface area contributed by atoms with Crippen molar-refractivity contribution >= 4 is 21.6 Å². The maximum atomic E-state index is 12.3. The molecule has 7 nitrogen and oxygen atoms in total. The first-order valence-electron chi connectivity index (χ1n) is 9.31. The summed E-state index contributed by atoms with van der Waals surface area (Å²) in [6.45, 7) is 10.5. The van der Waals surface area contributed by atoms with E-state index >= 15 is 0 Å². The van der Waals surface area contributed by atoms with Crippen LogP contribution in [0.4, 0.5) is 5.69 Å². The number of carbonyl (C=O) groups excluding carboxylic acids is 1. The summed E-state index contributed by atoms with van der Waals surface area (Å²) in [6.07, 6.45) is 1.31. The molecule has 0 bridgehead atoms. The van der Waals surface area contributed by atoms with E-state index in [4.69, 9.17) is 4.74 Å². The molecule has 1 heterocycles. The third-order valence-corrected chi connectivity index (χ3v) is 5.85. The topological polar surface area (TPSA) is 79.0 Å². The highest BCUT2D eigenvalue weighted by molar-refractivity contribution is 7.92. The third kappa shape index (κ3) is 6.48. The second-order valence-corrected chi connectivity index (χ2v) is 9.04. The SMILES string of the molecule is Cc1cc(C)c(N(CCC(=O)NCCN2CCOCC2)S(C)(=O)=O)c(C)c1. The zero-order valence-corrected chi connectivity index (χ0v) is 17.6. The number of hydrogen-bond acceptors (Lipinski definition) is 5. The maximum Gasteiger partial charge on any atom is 0.232 e. The third-order valence-electron chi connectivity index (χ3n) is 4.68. The lowest BCUT2D eigenvalue weighted by atomic mass is 10.1. The van der Waals surface area contributed by atoms with E-state index in [-0.39, 0.29) is 18.9 Å². The van der Waals surface area contributed by atoms with E-state index in [1.165, 1.54) is 10.6 Å². The lowest BCUT2D eigenvalue weighted by Gasteiger charge is -2.27. The summed E-state index contributed by atoms with van der Waals surface area (Å²) in [5, 5.41) is 2.88. The molecule has 0 atom stereocenters. The highest BCUT2D eigenvalue weighted by Crippen LogP contribution is 2.28. The molecular weight excluding hydrogens is 366 g/mol. The molecule has 0 radical (unpaired) electrons. The fourth-order valence-corrected chi connectivity index (χ4v) is 4.52. The number of aryl methyl sites for hydroxylation is 3. The second-order valence-electron chi connectivity index (χ2n) is 7.14. The Morgan fingerprint density at radius 2 is 1.78 bits per heavy atom. The number of nitrogens with zero attached hydrogens (tertiary/aromatic N) is 2. The van der Waals surface area contributed by atoms with E-state index in [0.29, 0.717) is 12.2 Å². The van der Waals surface area contributed by atoms with Gasteiger partial charge in [-0.3, -0.25) is 14.0 Å². The number of ether oxygens (including phenoxy) is 1. The number of hydrogen-bond donors (Lipinski definition) is 1. The van der Waals surface area contributed by atoms with Crippen molar-refractivity contribution in [2.75, 3.05) is 56.5 Å². The van der Waals surface area contributed by atoms with Crippen LogP contribution in [-0.4, -0.2) is 71.4 Å². The summed E-state index contributed by atoms with van der Waals surface area (Å²) < 4.78 is 31.3. The number of carbonyl (C=O) groups is 1. The summed E-state index contributed by atoms with van der Waals surface area (Å²) >= 11 is 0. The van der Waals surface area contributed by atoms with Gasteiger partial charge >= 0.3 is 0 Å². The van der Waals surface area contributed by atoms with Gasteiger partial charge in [-0.2, -0.15) is 0 Å². The first-order valence-corrected chi connectivity index (χ1v) is 11.2. The second kappa shape index (κ2) is 9.52. The molecule has 0 unspecified atom stereocenters. The number of morpholine rings is 1. The van der Waals surface area contributed by atoms with Gasteiger partial charge in [-0.05, 0) is 31.9 Å². The minimum atomic E-state index is -3.48. The fourth-order valence-electron chi connectivity index (χ4n) is 3.48. The van der Waals surface area contributed by atoms with Gasteiger partial charge in [0, 0.05) is 39.1 Å². The first-order chi connectivity index (χ1) is 12.7. The van der Waals surface area contributed by atoms with Gasteiger partial charge < -0.3 is 10.1 Å². The molecule has 0 aromatic heterocycles. The van der Waals surface area contributed by atoms with Crippen molar-refractivity contribution < 1.29 is 17.9 Å². The molecule has 1 saturated heterocycles. The van der Waals surface area contributed by atoms with Crippen molar-refractivity contribution in [1.82, 2.24) is 10.2 Å². The van der Waals surface area contributed by atoms with Gasteiger partial charge in [0.15, 0.2) is 0 Å². The molecular formula is C19H31N3O4S. The maximum absolute atomic E-state index is 12.3. The van der Waals surface area contributed by atoms with E-state index in [1.807, 2.05) is 32.9 Å². The van der Waals surface area contributed by atoms with Crippen LogP contribution in [0, 0.1) is 20.8 Å². The summed E-state index contributed by atoms with van der Waals surface area (Å²) in [4.78, 5) is 14.4. The van der Waals surface area contributed by atoms with E-state index in [0.717, 1.165) is 49.5 Å². The number of benzene rings is 1. The van der Waals surface area contributed by atoms with Crippen molar-refractivity contribution in [2.24, 2.45) is 0 Å². The lowest BCUT2D eigenvalue weighted by molar-refractivity contribution is -0.120. The fraction of sp³-hybridized carbons (Fsp3) is 0.632. The molecule has 1 fully saturated rings. The molecule has 0 saturated carbocycles. The predicted molar refractivity (Wildman–Crippen MR) is 108 cm³/mol. The van der Waals surface area contributed by atoms with Crippen LogP contribution in [0.25, 0.3) is 0 Å². The average Bonchev–Trinajstić information content (AvgIpc) is 2.56. The number of sulfonamides is 1. The predicted octanol–water partition coefficient (Wildman–Crippen LogP) is 1.22. The Labute approximate surface area is 162 Å². The summed E-state index contributed by atoms with van der Waals surface area (Å²) in [6, 6.07) is 3.92. The van der Waals surface area contributed by atoms with Gasteiger partial charge in [0.05, 0.1) is 25.2 Å². The van der Waals surface area contributed by atoms with Gasteiger partial charge in [0.2, 0.25) is 15.9 Å². The number of amides is 1. The first kappa shape index (κ1) is 21.7. The van der Waals surface area contributed by atoms with Crippen molar-refractivity contribution in [3.63, 3.8) is 0 Å². The minimum Gasteiger partial charge on any atom is -0.379 e.